The first kappa shape index (κ1) is 14.2. The highest BCUT2D eigenvalue weighted by Gasteiger charge is 2.18. The maximum Gasteiger partial charge on any atom is 0.119 e. The molecule has 0 aliphatic heterocycles. The number of methoxy groups -OCH3 is 1. The van der Waals surface area contributed by atoms with Crippen LogP contribution in [0.1, 0.15) is 23.1 Å². The molecule has 1 N–H and O–H groups in total. The summed E-state index contributed by atoms with van der Waals surface area (Å²) < 4.78 is 5.33. The third kappa shape index (κ3) is 3.64. The predicted molar refractivity (Wildman–Crippen MR) is 87.0 cm³/mol. The molecule has 21 heavy (non-hydrogen) atoms. The zero-order valence-corrected chi connectivity index (χ0v) is 12.6. The number of rotatable bonds is 5. The van der Waals surface area contributed by atoms with Crippen LogP contribution in [0.25, 0.3) is 0 Å². The van der Waals surface area contributed by atoms with Crippen LogP contribution in [0.5, 0.6) is 5.75 Å². The lowest BCUT2D eigenvalue weighted by molar-refractivity contribution is 0.411. The van der Waals surface area contributed by atoms with E-state index in [4.69, 9.17) is 4.74 Å². The molecule has 0 fully saturated rings. The van der Waals surface area contributed by atoms with Crippen LogP contribution in [-0.4, -0.2) is 19.7 Å². The smallest absolute Gasteiger partial charge is 0.119 e. The van der Waals surface area contributed by atoms with Gasteiger partial charge in [0, 0.05) is 6.04 Å². The van der Waals surface area contributed by atoms with Crippen molar-refractivity contribution in [2.75, 3.05) is 13.7 Å². The van der Waals surface area contributed by atoms with Gasteiger partial charge in [-0.05, 0) is 61.1 Å². The summed E-state index contributed by atoms with van der Waals surface area (Å²) >= 11 is 0. The molecule has 0 heterocycles. The molecule has 1 aliphatic rings. The maximum absolute atomic E-state index is 5.33. The van der Waals surface area contributed by atoms with E-state index in [9.17, 15) is 0 Å². The molecule has 2 nitrogen and oxygen atoms in total. The summed E-state index contributed by atoms with van der Waals surface area (Å²) in [6.07, 6.45) is 4.61. The van der Waals surface area contributed by atoms with Crippen molar-refractivity contribution in [1.29, 1.82) is 0 Å². The Hall–Kier alpha value is -1.80. The average molecular weight is 281 g/mol. The van der Waals surface area contributed by atoms with Gasteiger partial charge in [0.15, 0.2) is 0 Å². The number of hydrogen-bond donors (Lipinski definition) is 1. The summed E-state index contributed by atoms with van der Waals surface area (Å²) in [5, 5.41) is 3.71. The molecule has 0 bridgehead atoms. The Kier molecular flexibility index (Phi) is 4.56. The average Bonchev–Trinajstić information content (AvgIpc) is 2.55. The van der Waals surface area contributed by atoms with Gasteiger partial charge in [0.25, 0.3) is 0 Å². The normalized spacial score (nSPS) is 17.3. The lowest BCUT2D eigenvalue weighted by Gasteiger charge is -2.26. The van der Waals surface area contributed by atoms with Crippen LogP contribution in [0.2, 0.25) is 0 Å². The molecule has 2 aromatic rings. The third-order valence-electron chi connectivity index (χ3n) is 4.33. The summed E-state index contributed by atoms with van der Waals surface area (Å²) in [4.78, 5) is 0. The van der Waals surface area contributed by atoms with Crippen molar-refractivity contribution in [3.63, 3.8) is 0 Å². The second kappa shape index (κ2) is 6.77. The molecular weight excluding hydrogens is 258 g/mol. The van der Waals surface area contributed by atoms with Crippen LogP contribution in [0.15, 0.2) is 48.5 Å². The molecule has 1 unspecified atom stereocenters. The lowest BCUT2D eigenvalue weighted by atomic mass is 9.88. The largest absolute Gasteiger partial charge is 0.497 e. The van der Waals surface area contributed by atoms with Crippen molar-refractivity contribution in [2.45, 2.75) is 31.7 Å². The van der Waals surface area contributed by atoms with Gasteiger partial charge in [-0.3, -0.25) is 0 Å². The monoisotopic (exact) mass is 281 g/mol. The van der Waals surface area contributed by atoms with Crippen molar-refractivity contribution in [2.24, 2.45) is 0 Å². The SMILES string of the molecule is COc1ccc2c(c1)CC(NCCc1ccccc1)CC2. The van der Waals surface area contributed by atoms with Gasteiger partial charge in [-0.2, -0.15) is 0 Å². The van der Waals surface area contributed by atoms with E-state index in [1.165, 1.54) is 29.5 Å². The Morgan fingerprint density at radius 3 is 2.76 bits per heavy atom. The van der Waals surface area contributed by atoms with E-state index in [-0.39, 0.29) is 0 Å². The number of hydrogen-bond acceptors (Lipinski definition) is 2. The molecule has 2 aromatic carbocycles. The second-order valence-electron chi connectivity index (χ2n) is 5.76. The summed E-state index contributed by atoms with van der Waals surface area (Å²) in [6, 6.07) is 17.8. The van der Waals surface area contributed by atoms with Crippen molar-refractivity contribution >= 4 is 0 Å². The fourth-order valence-electron chi connectivity index (χ4n) is 3.10. The Morgan fingerprint density at radius 2 is 1.95 bits per heavy atom. The van der Waals surface area contributed by atoms with Crippen LogP contribution < -0.4 is 10.1 Å². The highest BCUT2D eigenvalue weighted by Crippen LogP contribution is 2.25. The highest BCUT2D eigenvalue weighted by molar-refractivity contribution is 5.37. The molecule has 1 aliphatic carbocycles. The predicted octanol–water partition coefficient (Wildman–Crippen LogP) is 3.38. The Morgan fingerprint density at radius 1 is 1.10 bits per heavy atom. The van der Waals surface area contributed by atoms with Crippen LogP contribution >= 0.6 is 0 Å². The molecule has 0 aromatic heterocycles. The Bertz CT molecular complexity index is 579. The standard InChI is InChI=1S/C19H23NO/c1-21-19-10-8-16-7-9-18(13-17(16)14-19)20-12-11-15-5-3-2-4-6-15/h2-6,8,10,14,18,20H,7,9,11-13H2,1H3. The van der Waals surface area contributed by atoms with Gasteiger partial charge in [0.2, 0.25) is 0 Å². The summed E-state index contributed by atoms with van der Waals surface area (Å²) in [7, 11) is 1.74. The van der Waals surface area contributed by atoms with E-state index in [1.807, 2.05) is 0 Å². The first-order valence-corrected chi connectivity index (χ1v) is 7.78. The van der Waals surface area contributed by atoms with Crippen LogP contribution in [0.3, 0.4) is 0 Å². The maximum atomic E-state index is 5.33. The van der Waals surface area contributed by atoms with Crippen LogP contribution in [0, 0.1) is 0 Å². The quantitative estimate of drug-likeness (QED) is 0.907. The van der Waals surface area contributed by atoms with E-state index in [0.717, 1.165) is 25.1 Å². The topological polar surface area (TPSA) is 21.3 Å². The van der Waals surface area contributed by atoms with E-state index >= 15 is 0 Å². The van der Waals surface area contributed by atoms with Crippen LogP contribution in [0.4, 0.5) is 0 Å². The minimum absolute atomic E-state index is 0.591. The zero-order chi connectivity index (χ0) is 14.5. The lowest BCUT2D eigenvalue weighted by Crippen LogP contribution is -2.35. The molecule has 0 saturated carbocycles. The first-order valence-electron chi connectivity index (χ1n) is 7.78. The molecule has 0 spiro atoms. The molecule has 0 radical (unpaired) electrons. The second-order valence-corrected chi connectivity index (χ2v) is 5.76. The number of nitrogens with one attached hydrogen (secondary N) is 1. The van der Waals surface area contributed by atoms with Gasteiger partial charge in [0.05, 0.1) is 7.11 Å². The Labute approximate surface area is 127 Å². The molecular formula is C19H23NO. The molecule has 3 rings (SSSR count). The molecule has 1 atom stereocenters. The van der Waals surface area contributed by atoms with Crippen LogP contribution in [-0.2, 0) is 19.3 Å². The Balaban J connectivity index is 1.54. The van der Waals surface area contributed by atoms with Gasteiger partial charge in [-0.1, -0.05) is 36.4 Å². The van der Waals surface area contributed by atoms with E-state index in [1.54, 1.807) is 7.11 Å². The minimum Gasteiger partial charge on any atom is -0.497 e. The van der Waals surface area contributed by atoms with Gasteiger partial charge >= 0.3 is 0 Å². The summed E-state index contributed by atoms with van der Waals surface area (Å²) in [6.45, 7) is 1.05. The zero-order valence-electron chi connectivity index (χ0n) is 12.6. The summed E-state index contributed by atoms with van der Waals surface area (Å²) in [5.41, 5.74) is 4.33. The minimum atomic E-state index is 0.591. The molecule has 0 amide bonds. The summed E-state index contributed by atoms with van der Waals surface area (Å²) in [5.74, 6) is 0.971. The fraction of sp³-hybridized carbons (Fsp3) is 0.368. The van der Waals surface area contributed by atoms with Crippen molar-refractivity contribution in [1.82, 2.24) is 5.32 Å². The molecule has 110 valence electrons. The third-order valence-corrected chi connectivity index (χ3v) is 4.33. The van der Waals surface area contributed by atoms with Gasteiger partial charge in [0.1, 0.15) is 5.75 Å². The number of fused-ring (bicyclic) bond motifs is 1. The number of ether oxygens (including phenoxy) is 1. The molecule has 0 saturated heterocycles. The number of aryl methyl sites for hydroxylation is 1. The van der Waals surface area contributed by atoms with Crippen molar-refractivity contribution in [3.05, 3.63) is 65.2 Å². The van der Waals surface area contributed by atoms with Crippen molar-refractivity contribution < 1.29 is 4.74 Å². The fourth-order valence-corrected chi connectivity index (χ4v) is 3.10. The van der Waals surface area contributed by atoms with Gasteiger partial charge in [-0.15, -0.1) is 0 Å². The number of benzene rings is 2. The first-order chi connectivity index (χ1) is 10.3. The van der Waals surface area contributed by atoms with Gasteiger partial charge < -0.3 is 10.1 Å². The van der Waals surface area contributed by atoms with Crippen molar-refractivity contribution in [3.8, 4) is 5.75 Å². The van der Waals surface area contributed by atoms with Gasteiger partial charge in [-0.25, -0.2) is 0 Å². The van der Waals surface area contributed by atoms with E-state index in [0.29, 0.717) is 6.04 Å². The highest BCUT2D eigenvalue weighted by atomic mass is 16.5. The van der Waals surface area contributed by atoms with E-state index in [2.05, 4.69) is 53.8 Å². The van der Waals surface area contributed by atoms with E-state index < -0.39 is 0 Å². The molecule has 2 heteroatoms.